The van der Waals surface area contributed by atoms with Gasteiger partial charge >= 0.3 is 12.2 Å². The SMILES string of the molecule is CCCN1C(=O)C(C)(C)COc2cc(NC(=O)Nc3ccc(C(F)(F)F)cc3)ccc21. The number of hydrogen-bond acceptors (Lipinski definition) is 3. The van der Waals surface area contributed by atoms with Crippen molar-refractivity contribution in [1.29, 1.82) is 0 Å². The molecule has 1 aliphatic heterocycles. The zero-order chi connectivity index (χ0) is 22.8. The lowest BCUT2D eigenvalue weighted by Crippen LogP contribution is -2.42. The first kappa shape index (κ1) is 22.5. The van der Waals surface area contributed by atoms with Gasteiger partial charge in [-0.15, -0.1) is 0 Å². The maximum Gasteiger partial charge on any atom is 0.416 e. The lowest BCUT2D eigenvalue weighted by atomic mass is 9.93. The van der Waals surface area contributed by atoms with E-state index in [-0.39, 0.29) is 18.2 Å². The van der Waals surface area contributed by atoms with Gasteiger partial charge in [-0.05, 0) is 56.7 Å². The Morgan fingerprint density at radius 2 is 1.71 bits per heavy atom. The number of ether oxygens (including phenoxy) is 1. The standard InChI is InChI=1S/C22H24F3N3O3/c1-4-11-28-17-10-9-16(12-18(17)31-13-21(2,3)19(28)29)27-20(30)26-15-7-5-14(6-8-15)22(23,24)25/h5-10,12H,4,11,13H2,1-3H3,(H2,26,27,30). The van der Waals surface area contributed by atoms with Gasteiger partial charge in [0.15, 0.2) is 0 Å². The van der Waals surface area contributed by atoms with Crippen molar-refractivity contribution in [3.05, 3.63) is 48.0 Å². The van der Waals surface area contributed by atoms with Gasteiger partial charge in [-0.2, -0.15) is 13.2 Å². The minimum Gasteiger partial charge on any atom is -0.490 e. The van der Waals surface area contributed by atoms with Crippen molar-refractivity contribution in [3.8, 4) is 5.75 Å². The molecule has 0 unspecified atom stereocenters. The second-order valence-corrected chi connectivity index (χ2v) is 7.97. The number of carbonyl (C=O) groups excluding carboxylic acids is 2. The van der Waals surface area contributed by atoms with Gasteiger partial charge in [0, 0.05) is 24.0 Å². The Kier molecular flexibility index (Phi) is 6.15. The van der Waals surface area contributed by atoms with E-state index in [2.05, 4.69) is 10.6 Å². The average Bonchev–Trinajstić information content (AvgIpc) is 2.78. The number of anilines is 3. The summed E-state index contributed by atoms with van der Waals surface area (Å²) in [6.45, 7) is 6.36. The van der Waals surface area contributed by atoms with Crippen LogP contribution in [-0.2, 0) is 11.0 Å². The number of halogens is 3. The number of rotatable bonds is 4. The molecule has 6 nitrogen and oxygen atoms in total. The predicted molar refractivity (Wildman–Crippen MR) is 112 cm³/mol. The Bertz CT molecular complexity index is 972. The van der Waals surface area contributed by atoms with E-state index in [1.807, 2.05) is 20.8 Å². The first-order chi connectivity index (χ1) is 14.5. The molecular weight excluding hydrogens is 411 g/mol. The van der Waals surface area contributed by atoms with E-state index in [1.165, 1.54) is 12.1 Å². The van der Waals surface area contributed by atoms with Crippen LogP contribution in [0, 0.1) is 5.41 Å². The third kappa shape index (κ3) is 5.10. The molecule has 0 atom stereocenters. The Morgan fingerprint density at radius 3 is 2.32 bits per heavy atom. The normalized spacial score (nSPS) is 15.5. The summed E-state index contributed by atoms with van der Waals surface area (Å²) < 4.78 is 43.8. The molecule has 31 heavy (non-hydrogen) atoms. The molecule has 3 rings (SSSR count). The lowest BCUT2D eigenvalue weighted by Gasteiger charge is -2.27. The highest BCUT2D eigenvalue weighted by Gasteiger charge is 2.37. The van der Waals surface area contributed by atoms with Gasteiger partial charge in [-0.3, -0.25) is 4.79 Å². The van der Waals surface area contributed by atoms with Crippen LogP contribution in [0.4, 0.5) is 35.0 Å². The summed E-state index contributed by atoms with van der Waals surface area (Å²) in [7, 11) is 0. The van der Waals surface area contributed by atoms with Crippen LogP contribution in [0.1, 0.15) is 32.8 Å². The molecule has 0 saturated carbocycles. The van der Waals surface area contributed by atoms with Crippen molar-refractivity contribution in [3.63, 3.8) is 0 Å². The zero-order valence-electron chi connectivity index (χ0n) is 17.5. The van der Waals surface area contributed by atoms with Crippen molar-refractivity contribution in [2.75, 3.05) is 28.7 Å². The number of hydrogen-bond donors (Lipinski definition) is 2. The van der Waals surface area contributed by atoms with E-state index in [0.717, 1.165) is 18.6 Å². The molecule has 0 bridgehead atoms. The molecule has 0 aromatic heterocycles. The van der Waals surface area contributed by atoms with Crippen molar-refractivity contribution < 1.29 is 27.5 Å². The quantitative estimate of drug-likeness (QED) is 0.665. The molecule has 0 aliphatic carbocycles. The fourth-order valence-electron chi connectivity index (χ4n) is 3.21. The number of carbonyl (C=O) groups is 2. The predicted octanol–water partition coefficient (Wildman–Crippen LogP) is 5.51. The third-order valence-electron chi connectivity index (χ3n) is 4.84. The highest BCUT2D eigenvalue weighted by Crippen LogP contribution is 2.38. The van der Waals surface area contributed by atoms with Crippen LogP contribution in [0.15, 0.2) is 42.5 Å². The topological polar surface area (TPSA) is 70.7 Å². The Hall–Kier alpha value is -3.23. The van der Waals surface area contributed by atoms with Crippen LogP contribution in [0.25, 0.3) is 0 Å². The van der Waals surface area contributed by atoms with Crippen molar-refractivity contribution >= 4 is 29.0 Å². The monoisotopic (exact) mass is 435 g/mol. The van der Waals surface area contributed by atoms with Gasteiger partial charge in [-0.25, -0.2) is 4.79 Å². The van der Waals surface area contributed by atoms with Crippen LogP contribution in [0.3, 0.4) is 0 Å². The lowest BCUT2D eigenvalue weighted by molar-refractivity contribution is -0.137. The zero-order valence-corrected chi connectivity index (χ0v) is 17.5. The Morgan fingerprint density at radius 1 is 1.10 bits per heavy atom. The van der Waals surface area contributed by atoms with E-state index in [1.54, 1.807) is 23.1 Å². The van der Waals surface area contributed by atoms with Crippen LogP contribution in [-0.4, -0.2) is 25.1 Å². The molecule has 0 spiro atoms. The Balaban J connectivity index is 1.74. The second-order valence-electron chi connectivity index (χ2n) is 7.97. The fraction of sp³-hybridized carbons (Fsp3) is 0.364. The summed E-state index contributed by atoms with van der Waals surface area (Å²) in [6.07, 6.45) is -3.67. The molecule has 0 fully saturated rings. The molecule has 2 aromatic rings. The van der Waals surface area contributed by atoms with E-state index >= 15 is 0 Å². The van der Waals surface area contributed by atoms with Crippen LogP contribution < -0.4 is 20.3 Å². The maximum atomic E-state index is 12.9. The number of nitrogens with one attached hydrogen (secondary N) is 2. The third-order valence-corrected chi connectivity index (χ3v) is 4.84. The molecule has 1 aliphatic rings. The summed E-state index contributed by atoms with van der Waals surface area (Å²) in [5, 5.41) is 5.12. The largest absolute Gasteiger partial charge is 0.490 e. The van der Waals surface area contributed by atoms with Gasteiger partial charge in [0.05, 0.1) is 16.7 Å². The van der Waals surface area contributed by atoms with Gasteiger partial charge in [0.2, 0.25) is 5.91 Å². The summed E-state index contributed by atoms with van der Waals surface area (Å²) in [5.41, 5.74) is -0.215. The minimum absolute atomic E-state index is 0.0335. The summed E-state index contributed by atoms with van der Waals surface area (Å²) >= 11 is 0. The van der Waals surface area contributed by atoms with E-state index in [9.17, 15) is 22.8 Å². The number of urea groups is 1. The van der Waals surface area contributed by atoms with Crippen molar-refractivity contribution in [2.24, 2.45) is 5.41 Å². The summed E-state index contributed by atoms with van der Waals surface area (Å²) in [4.78, 5) is 26.8. The molecule has 2 aromatic carbocycles. The highest BCUT2D eigenvalue weighted by molar-refractivity contribution is 6.02. The smallest absolute Gasteiger partial charge is 0.416 e. The molecule has 1 heterocycles. The number of benzene rings is 2. The Labute approximate surface area is 178 Å². The number of fused-ring (bicyclic) bond motifs is 1. The van der Waals surface area contributed by atoms with Gasteiger partial charge in [0.1, 0.15) is 12.4 Å². The molecule has 9 heteroatoms. The first-order valence-corrected chi connectivity index (χ1v) is 9.85. The van der Waals surface area contributed by atoms with E-state index in [0.29, 0.717) is 23.7 Å². The van der Waals surface area contributed by atoms with Crippen LogP contribution in [0.5, 0.6) is 5.75 Å². The molecule has 2 N–H and O–H groups in total. The van der Waals surface area contributed by atoms with Crippen molar-refractivity contribution in [1.82, 2.24) is 0 Å². The summed E-state index contributed by atoms with van der Waals surface area (Å²) in [5.74, 6) is 0.438. The first-order valence-electron chi connectivity index (χ1n) is 9.85. The number of alkyl halides is 3. The highest BCUT2D eigenvalue weighted by atomic mass is 19.4. The van der Waals surface area contributed by atoms with E-state index < -0.39 is 23.2 Å². The molecule has 0 radical (unpaired) electrons. The molecule has 166 valence electrons. The molecular formula is C22H24F3N3O3. The fourth-order valence-corrected chi connectivity index (χ4v) is 3.21. The van der Waals surface area contributed by atoms with Crippen LogP contribution in [0.2, 0.25) is 0 Å². The summed E-state index contributed by atoms with van der Waals surface area (Å²) in [6, 6.07) is 8.51. The van der Waals surface area contributed by atoms with Gasteiger partial charge < -0.3 is 20.3 Å². The van der Waals surface area contributed by atoms with Crippen molar-refractivity contribution in [2.45, 2.75) is 33.4 Å². The number of amides is 3. The molecule has 3 amide bonds. The maximum absolute atomic E-state index is 12.9. The number of nitrogens with zero attached hydrogens (tertiary/aromatic N) is 1. The van der Waals surface area contributed by atoms with Gasteiger partial charge in [-0.1, -0.05) is 6.92 Å². The van der Waals surface area contributed by atoms with Gasteiger partial charge in [0.25, 0.3) is 0 Å². The average molecular weight is 435 g/mol. The van der Waals surface area contributed by atoms with Crippen LogP contribution >= 0.6 is 0 Å². The molecule has 0 saturated heterocycles. The second kappa shape index (κ2) is 8.49. The minimum atomic E-state index is -4.44. The van der Waals surface area contributed by atoms with E-state index in [4.69, 9.17) is 4.74 Å².